The maximum atomic E-state index is 11.7. The van der Waals surface area contributed by atoms with E-state index in [-0.39, 0.29) is 12.1 Å². The highest BCUT2D eigenvalue weighted by Gasteiger charge is 2.22. The predicted molar refractivity (Wildman–Crippen MR) is 114 cm³/mol. The molecule has 0 bridgehead atoms. The van der Waals surface area contributed by atoms with Crippen LogP contribution in [0, 0.1) is 5.92 Å². The van der Waals surface area contributed by atoms with Gasteiger partial charge in [0.05, 0.1) is 6.61 Å². The van der Waals surface area contributed by atoms with Gasteiger partial charge in [0.2, 0.25) is 0 Å². The molecule has 0 N–H and O–H groups in total. The lowest BCUT2D eigenvalue weighted by atomic mass is 10.0. The van der Waals surface area contributed by atoms with E-state index >= 15 is 0 Å². The van der Waals surface area contributed by atoms with Gasteiger partial charge >= 0.3 is 5.97 Å². The molecule has 1 aliphatic carbocycles. The second kappa shape index (κ2) is 17.5. The highest BCUT2D eigenvalue weighted by Crippen LogP contribution is 2.33. The molecule has 1 fully saturated rings. The first-order valence-corrected chi connectivity index (χ1v) is 12.0. The normalized spacial score (nSPS) is 15.0. The van der Waals surface area contributed by atoms with Gasteiger partial charge in [0.15, 0.2) is 0 Å². The number of rotatable bonds is 20. The third-order valence-corrected chi connectivity index (χ3v) is 5.53. The van der Waals surface area contributed by atoms with Crippen molar-refractivity contribution in [1.82, 2.24) is 0 Å². The van der Waals surface area contributed by atoms with Crippen molar-refractivity contribution in [2.45, 2.75) is 129 Å². The van der Waals surface area contributed by atoms with Crippen molar-refractivity contribution in [2.75, 3.05) is 13.2 Å². The highest BCUT2D eigenvalue weighted by molar-refractivity contribution is 5.69. The van der Waals surface area contributed by atoms with Gasteiger partial charge in [-0.3, -0.25) is 4.79 Å². The molecule has 0 spiro atoms. The SMILES string of the molecule is CCCCCCCCCCCCCCCOCC(C)OC(=O)CCC1CC1. The number of esters is 1. The van der Waals surface area contributed by atoms with Gasteiger partial charge in [-0.25, -0.2) is 0 Å². The topological polar surface area (TPSA) is 35.5 Å². The van der Waals surface area contributed by atoms with Crippen LogP contribution in [-0.4, -0.2) is 25.3 Å². The average molecular weight is 383 g/mol. The van der Waals surface area contributed by atoms with E-state index in [1.165, 1.54) is 89.9 Å². The van der Waals surface area contributed by atoms with Gasteiger partial charge < -0.3 is 9.47 Å². The summed E-state index contributed by atoms with van der Waals surface area (Å²) in [5.41, 5.74) is 0. The minimum Gasteiger partial charge on any atom is -0.460 e. The monoisotopic (exact) mass is 382 g/mol. The van der Waals surface area contributed by atoms with Crippen LogP contribution in [0.15, 0.2) is 0 Å². The molecule has 0 heterocycles. The third-order valence-electron chi connectivity index (χ3n) is 5.53. The molecule has 3 heteroatoms. The van der Waals surface area contributed by atoms with Gasteiger partial charge in [-0.05, 0) is 25.7 Å². The predicted octanol–water partition coefficient (Wildman–Crippen LogP) is 7.22. The fourth-order valence-corrected chi connectivity index (χ4v) is 3.52. The first-order chi connectivity index (χ1) is 13.2. The van der Waals surface area contributed by atoms with Crippen LogP contribution in [0.3, 0.4) is 0 Å². The van der Waals surface area contributed by atoms with E-state index in [1.807, 2.05) is 6.92 Å². The molecule has 1 rings (SSSR count). The Kier molecular flexibility index (Phi) is 15.9. The molecule has 0 aliphatic heterocycles. The molecule has 3 nitrogen and oxygen atoms in total. The lowest BCUT2D eigenvalue weighted by Crippen LogP contribution is -2.20. The molecule has 0 aromatic carbocycles. The van der Waals surface area contributed by atoms with E-state index in [9.17, 15) is 4.79 Å². The summed E-state index contributed by atoms with van der Waals surface area (Å²) in [4.78, 5) is 11.7. The first kappa shape index (κ1) is 24.5. The second-order valence-electron chi connectivity index (χ2n) is 8.60. The Morgan fingerprint density at radius 1 is 0.852 bits per heavy atom. The maximum absolute atomic E-state index is 11.7. The summed E-state index contributed by atoms with van der Waals surface area (Å²) in [6.07, 6.45) is 21.9. The van der Waals surface area contributed by atoms with Crippen molar-refractivity contribution in [1.29, 1.82) is 0 Å². The number of carbonyl (C=O) groups excluding carboxylic acids is 1. The zero-order valence-electron chi connectivity index (χ0n) is 18.3. The Labute approximate surface area is 169 Å². The third kappa shape index (κ3) is 17.3. The van der Waals surface area contributed by atoms with Gasteiger partial charge in [0.1, 0.15) is 6.10 Å². The number of ether oxygens (including phenoxy) is 2. The lowest BCUT2D eigenvalue weighted by molar-refractivity contribution is -0.151. The van der Waals surface area contributed by atoms with Crippen molar-refractivity contribution < 1.29 is 14.3 Å². The molecule has 0 aromatic rings. The molecule has 1 saturated carbocycles. The molecule has 0 radical (unpaired) electrons. The molecule has 0 aromatic heterocycles. The van der Waals surface area contributed by atoms with Gasteiger partial charge in [-0.2, -0.15) is 0 Å². The Morgan fingerprint density at radius 2 is 1.37 bits per heavy atom. The standard InChI is InChI=1S/C24H46O3/c1-3-4-5-6-7-8-9-10-11-12-13-14-15-20-26-21-22(2)27-24(25)19-18-23-16-17-23/h22-23H,3-21H2,1-2H3. The van der Waals surface area contributed by atoms with E-state index in [0.29, 0.717) is 13.0 Å². The summed E-state index contributed by atoms with van der Waals surface area (Å²) in [7, 11) is 0. The van der Waals surface area contributed by atoms with Crippen LogP contribution >= 0.6 is 0 Å². The van der Waals surface area contributed by atoms with Gasteiger partial charge in [-0.1, -0.05) is 96.8 Å². The van der Waals surface area contributed by atoms with Crippen molar-refractivity contribution in [3.63, 3.8) is 0 Å². The van der Waals surface area contributed by atoms with Crippen molar-refractivity contribution in [3.05, 3.63) is 0 Å². The van der Waals surface area contributed by atoms with E-state index in [2.05, 4.69) is 6.92 Å². The van der Waals surface area contributed by atoms with Gasteiger partial charge in [-0.15, -0.1) is 0 Å². The van der Waals surface area contributed by atoms with E-state index in [4.69, 9.17) is 9.47 Å². The summed E-state index contributed by atoms with van der Waals surface area (Å²) in [6.45, 7) is 5.54. The van der Waals surface area contributed by atoms with Crippen LogP contribution < -0.4 is 0 Å². The second-order valence-corrected chi connectivity index (χ2v) is 8.60. The van der Waals surface area contributed by atoms with Crippen molar-refractivity contribution in [3.8, 4) is 0 Å². The Morgan fingerprint density at radius 3 is 1.89 bits per heavy atom. The highest BCUT2D eigenvalue weighted by atomic mass is 16.6. The largest absolute Gasteiger partial charge is 0.460 e. The van der Waals surface area contributed by atoms with Crippen LogP contribution in [0.2, 0.25) is 0 Å². The van der Waals surface area contributed by atoms with Crippen molar-refractivity contribution in [2.24, 2.45) is 5.92 Å². The molecule has 1 unspecified atom stereocenters. The quantitative estimate of drug-likeness (QED) is 0.165. The lowest BCUT2D eigenvalue weighted by Gasteiger charge is -2.13. The number of unbranched alkanes of at least 4 members (excludes halogenated alkanes) is 12. The summed E-state index contributed by atoms with van der Waals surface area (Å²) < 4.78 is 11.0. The number of hydrogen-bond donors (Lipinski definition) is 0. The van der Waals surface area contributed by atoms with E-state index in [1.54, 1.807) is 0 Å². The molecule has 0 saturated heterocycles. The Bertz CT molecular complexity index is 339. The van der Waals surface area contributed by atoms with Gasteiger partial charge in [0, 0.05) is 13.0 Å². The molecular formula is C24H46O3. The fraction of sp³-hybridized carbons (Fsp3) is 0.958. The summed E-state index contributed by atoms with van der Waals surface area (Å²) in [5, 5.41) is 0. The van der Waals surface area contributed by atoms with Crippen LogP contribution in [-0.2, 0) is 14.3 Å². The zero-order valence-corrected chi connectivity index (χ0v) is 18.3. The Hall–Kier alpha value is -0.570. The van der Waals surface area contributed by atoms with E-state index < -0.39 is 0 Å². The Balaban J connectivity index is 1.72. The molecule has 27 heavy (non-hydrogen) atoms. The van der Waals surface area contributed by atoms with Crippen LogP contribution in [0.1, 0.15) is 123 Å². The smallest absolute Gasteiger partial charge is 0.306 e. The molecule has 0 amide bonds. The first-order valence-electron chi connectivity index (χ1n) is 12.0. The van der Waals surface area contributed by atoms with Crippen LogP contribution in [0.4, 0.5) is 0 Å². The fourth-order valence-electron chi connectivity index (χ4n) is 3.52. The van der Waals surface area contributed by atoms with Crippen LogP contribution in [0.25, 0.3) is 0 Å². The molecule has 1 aliphatic rings. The minimum atomic E-state index is -0.112. The van der Waals surface area contributed by atoms with Crippen molar-refractivity contribution >= 4 is 5.97 Å². The van der Waals surface area contributed by atoms with E-state index in [0.717, 1.165) is 25.4 Å². The maximum Gasteiger partial charge on any atom is 0.306 e. The number of hydrogen-bond acceptors (Lipinski definition) is 3. The summed E-state index contributed by atoms with van der Waals surface area (Å²) in [5.74, 6) is 0.735. The van der Waals surface area contributed by atoms with Gasteiger partial charge in [0.25, 0.3) is 0 Å². The molecule has 160 valence electrons. The average Bonchev–Trinajstić information content (AvgIpc) is 3.47. The summed E-state index contributed by atoms with van der Waals surface area (Å²) >= 11 is 0. The van der Waals surface area contributed by atoms with Crippen LogP contribution in [0.5, 0.6) is 0 Å². The number of carbonyl (C=O) groups is 1. The molecular weight excluding hydrogens is 336 g/mol. The zero-order chi connectivity index (χ0) is 19.6. The summed E-state index contributed by atoms with van der Waals surface area (Å²) in [6, 6.07) is 0. The minimum absolute atomic E-state index is 0.0565. The molecule has 1 atom stereocenters.